The summed E-state index contributed by atoms with van der Waals surface area (Å²) in [6.07, 6.45) is 4.42. The molecule has 0 saturated carbocycles. The SMILES string of the molecule is CCCn1cnc(NC(=O)c2cn(C)c3ccccc23)n1. The highest BCUT2D eigenvalue weighted by Gasteiger charge is 2.15. The predicted molar refractivity (Wildman–Crippen MR) is 81.2 cm³/mol. The first kappa shape index (κ1) is 13.4. The molecule has 0 aliphatic carbocycles. The van der Waals surface area contributed by atoms with E-state index in [0.29, 0.717) is 11.5 Å². The molecule has 0 saturated heterocycles. The standard InChI is InChI=1S/C15H17N5O/c1-3-8-20-10-16-15(18-20)17-14(21)12-9-19(2)13-7-5-4-6-11(12)13/h4-7,9-10H,3,8H2,1-2H3,(H,17,18,21). The summed E-state index contributed by atoms with van der Waals surface area (Å²) in [5, 5.41) is 7.89. The van der Waals surface area contributed by atoms with Gasteiger partial charge in [0.2, 0.25) is 5.95 Å². The highest BCUT2D eigenvalue weighted by atomic mass is 16.1. The third-order valence-electron chi connectivity index (χ3n) is 3.36. The molecule has 0 bridgehead atoms. The molecule has 0 aliphatic rings. The van der Waals surface area contributed by atoms with Crippen LogP contribution in [0.1, 0.15) is 23.7 Å². The molecular formula is C15H17N5O. The van der Waals surface area contributed by atoms with Gasteiger partial charge < -0.3 is 4.57 Å². The summed E-state index contributed by atoms with van der Waals surface area (Å²) < 4.78 is 3.66. The van der Waals surface area contributed by atoms with Crippen LogP contribution in [0.2, 0.25) is 0 Å². The lowest BCUT2D eigenvalue weighted by atomic mass is 10.1. The average molecular weight is 283 g/mol. The Labute approximate surface area is 122 Å². The number of nitrogens with zero attached hydrogens (tertiary/aromatic N) is 4. The van der Waals surface area contributed by atoms with Gasteiger partial charge in [-0.05, 0) is 12.5 Å². The molecule has 6 nitrogen and oxygen atoms in total. The number of fused-ring (bicyclic) bond motifs is 1. The zero-order valence-electron chi connectivity index (χ0n) is 12.1. The van der Waals surface area contributed by atoms with E-state index < -0.39 is 0 Å². The Bertz CT molecular complexity index is 786. The Morgan fingerprint density at radius 3 is 2.95 bits per heavy atom. The Hall–Kier alpha value is -2.63. The van der Waals surface area contributed by atoms with Gasteiger partial charge >= 0.3 is 0 Å². The second-order valence-corrected chi connectivity index (χ2v) is 4.96. The van der Waals surface area contributed by atoms with Crippen LogP contribution in [-0.4, -0.2) is 25.2 Å². The molecule has 108 valence electrons. The van der Waals surface area contributed by atoms with Crippen LogP contribution in [0.5, 0.6) is 0 Å². The molecule has 3 aromatic rings. The molecule has 0 aliphatic heterocycles. The smallest absolute Gasteiger partial charge is 0.260 e. The lowest BCUT2D eigenvalue weighted by Crippen LogP contribution is -2.13. The number of carbonyl (C=O) groups is 1. The van der Waals surface area contributed by atoms with Gasteiger partial charge in [-0.3, -0.25) is 14.8 Å². The van der Waals surface area contributed by atoms with Gasteiger partial charge in [0.15, 0.2) is 0 Å². The third kappa shape index (κ3) is 2.52. The van der Waals surface area contributed by atoms with Crippen molar-refractivity contribution in [2.75, 3.05) is 5.32 Å². The molecule has 1 amide bonds. The van der Waals surface area contributed by atoms with E-state index in [1.54, 1.807) is 11.0 Å². The van der Waals surface area contributed by atoms with Crippen molar-refractivity contribution in [3.8, 4) is 0 Å². The van der Waals surface area contributed by atoms with E-state index in [1.165, 1.54) is 0 Å². The molecule has 2 aromatic heterocycles. The number of nitrogens with one attached hydrogen (secondary N) is 1. The number of aryl methyl sites for hydroxylation is 2. The number of anilines is 1. The van der Waals surface area contributed by atoms with Crippen LogP contribution in [0.15, 0.2) is 36.8 Å². The minimum absolute atomic E-state index is 0.193. The van der Waals surface area contributed by atoms with Crippen LogP contribution in [0.4, 0.5) is 5.95 Å². The zero-order chi connectivity index (χ0) is 14.8. The quantitative estimate of drug-likeness (QED) is 0.799. The minimum atomic E-state index is -0.193. The van der Waals surface area contributed by atoms with Crippen molar-refractivity contribution in [1.29, 1.82) is 0 Å². The Morgan fingerprint density at radius 1 is 1.33 bits per heavy atom. The van der Waals surface area contributed by atoms with Gasteiger partial charge in [-0.25, -0.2) is 4.98 Å². The average Bonchev–Trinajstić information content (AvgIpc) is 3.05. The maximum absolute atomic E-state index is 12.4. The first-order valence-electron chi connectivity index (χ1n) is 6.94. The van der Waals surface area contributed by atoms with E-state index in [-0.39, 0.29) is 5.91 Å². The fourth-order valence-corrected chi connectivity index (χ4v) is 2.38. The van der Waals surface area contributed by atoms with Gasteiger partial charge in [0, 0.05) is 30.7 Å². The van der Waals surface area contributed by atoms with Crippen LogP contribution in [0.25, 0.3) is 10.9 Å². The molecule has 21 heavy (non-hydrogen) atoms. The molecule has 0 unspecified atom stereocenters. The summed E-state index contributed by atoms with van der Waals surface area (Å²) in [7, 11) is 1.92. The lowest BCUT2D eigenvalue weighted by Gasteiger charge is -1.99. The summed E-state index contributed by atoms with van der Waals surface area (Å²) in [6.45, 7) is 2.85. The first-order chi connectivity index (χ1) is 10.2. The van der Waals surface area contributed by atoms with Gasteiger partial charge in [0.25, 0.3) is 5.91 Å². The molecule has 1 N–H and O–H groups in total. The summed E-state index contributed by atoms with van der Waals surface area (Å²) >= 11 is 0. The van der Waals surface area contributed by atoms with Crippen molar-refractivity contribution in [3.63, 3.8) is 0 Å². The van der Waals surface area contributed by atoms with Crippen molar-refractivity contribution in [3.05, 3.63) is 42.4 Å². The van der Waals surface area contributed by atoms with Crippen LogP contribution < -0.4 is 5.32 Å². The maximum atomic E-state index is 12.4. The highest BCUT2D eigenvalue weighted by Crippen LogP contribution is 2.20. The van der Waals surface area contributed by atoms with E-state index in [1.807, 2.05) is 42.1 Å². The normalized spacial score (nSPS) is 11.0. The number of para-hydroxylation sites is 1. The van der Waals surface area contributed by atoms with Crippen molar-refractivity contribution < 1.29 is 4.79 Å². The van der Waals surface area contributed by atoms with Gasteiger partial charge in [0.05, 0.1) is 5.56 Å². The molecule has 0 fully saturated rings. The fourth-order valence-electron chi connectivity index (χ4n) is 2.38. The first-order valence-corrected chi connectivity index (χ1v) is 6.94. The van der Waals surface area contributed by atoms with Crippen LogP contribution in [0.3, 0.4) is 0 Å². The Balaban J connectivity index is 1.86. The number of carbonyl (C=O) groups excluding carboxylic acids is 1. The largest absolute Gasteiger partial charge is 0.350 e. The maximum Gasteiger partial charge on any atom is 0.260 e. The third-order valence-corrected chi connectivity index (χ3v) is 3.36. The van der Waals surface area contributed by atoms with Gasteiger partial charge in [-0.15, -0.1) is 5.10 Å². The fraction of sp³-hybridized carbons (Fsp3) is 0.267. The van der Waals surface area contributed by atoms with Crippen molar-refractivity contribution in [1.82, 2.24) is 19.3 Å². The van der Waals surface area contributed by atoms with E-state index in [9.17, 15) is 4.79 Å². The number of rotatable bonds is 4. The number of hydrogen-bond donors (Lipinski definition) is 1. The van der Waals surface area contributed by atoms with Crippen LogP contribution in [-0.2, 0) is 13.6 Å². The molecule has 0 atom stereocenters. The molecule has 6 heteroatoms. The topological polar surface area (TPSA) is 64.7 Å². The van der Waals surface area contributed by atoms with Crippen molar-refractivity contribution >= 4 is 22.8 Å². The van der Waals surface area contributed by atoms with Crippen molar-refractivity contribution in [2.24, 2.45) is 7.05 Å². The van der Waals surface area contributed by atoms with Gasteiger partial charge in [-0.2, -0.15) is 0 Å². The van der Waals surface area contributed by atoms with E-state index >= 15 is 0 Å². The number of amides is 1. The second kappa shape index (κ2) is 5.40. The molecule has 0 radical (unpaired) electrons. The lowest BCUT2D eigenvalue weighted by molar-refractivity contribution is 0.102. The summed E-state index contributed by atoms with van der Waals surface area (Å²) in [5.74, 6) is 0.141. The van der Waals surface area contributed by atoms with Crippen molar-refractivity contribution in [2.45, 2.75) is 19.9 Å². The van der Waals surface area contributed by atoms with Gasteiger partial charge in [0.1, 0.15) is 6.33 Å². The summed E-state index contributed by atoms with van der Waals surface area (Å²) in [4.78, 5) is 16.5. The Morgan fingerprint density at radius 2 is 2.14 bits per heavy atom. The molecule has 3 rings (SSSR count). The number of aromatic nitrogens is 4. The highest BCUT2D eigenvalue weighted by molar-refractivity contribution is 6.12. The second-order valence-electron chi connectivity index (χ2n) is 4.96. The molecule has 0 spiro atoms. The zero-order valence-corrected chi connectivity index (χ0v) is 12.1. The number of benzene rings is 1. The van der Waals surface area contributed by atoms with E-state index in [0.717, 1.165) is 23.9 Å². The molecule has 1 aromatic carbocycles. The van der Waals surface area contributed by atoms with E-state index in [2.05, 4.69) is 22.3 Å². The van der Waals surface area contributed by atoms with Gasteiger partial charge in [-0.1, -0.05) is 25.1 Å². The van der Waals surface area contributed by atoms with Crippen LogP contribution >= 0.6 is 0 Å². The minimum Gasteiger partial charge on any atom is -0.350 e. The Kier molecular flexibility index (Phi) is 3.43. The van der Waals surface area contributed by atoms with Crippen LogP contribution in [0, 0.1) is 0 Å². The molecule has 2 heterocycles. The summed E-state index contributed by atoms with van der Waals surface area (Å²) in [6, 6.07) is 7.80. The summed E-state index contributed by atoms with van der Waals surface area (Å²) in [5.41, 5.74) is 1.65. The monoisotopic (exact) mass is 283 g/mol. The molecular weight excluding hydrogens is 266 g/mol. The number of hydrogen-bond acceptors (Lipinski definition) is 3. The van der Waals surface area contributed by atoms with E-state index in [4.69, 9.17) is 0 Å². The predicted octanol–water partition coefficient (Wildman–Crippen LogP) is 2.43.